The number of carbonyl (C=O) groups is 1. The number of carbonyl (C=O) groups excluding carboxylic acids is 1. The summed E-state index contributed by atoms with van der Waals surface area (Å²) in [5, 5.41) is 14.7. The van der Waals surface area contributed by atoms with Crippen LogP contribution in [0.15, 0.2) is 71.9 Å². The standard InChI is InChI=1S/C25H22ClN5O3/c1-16-12-20(26)8-11-22(16)19-5-3-4-17(13-19)15-34-21-9-6-18(7-10-21)23(14-24(32)28-33)25-27-29-30-31(25)2/h3-13,23H,14-15H2,1-2H3/t23-/m0/s1. The summed E-state index contributed by atoms with van der Waals surface area (Å²) in [6.07, 6.45) is -0.116. The molecule has 1 aromatic heterocycles. The zero-order valence-electron chi connectivity index (χ0n) is 18.7. The summed E-state index contributed by atoms with van der Waals surface area (Å²) in [5.74, 6) is -0.103. The van der Waals surface area contributed by atoms with Crippen molar-refractivity contribution in [2.24, 2.45) is 12.2 Å². The van der Waals surface area contributed by atoms with Crippen LogP contribution >= 0.6 is 11.6 Å². The fourth-order valence-corrected chi connectivity index (χ4v) is 4.07. The molecule has 0 saturated heterocycles. The molecule has 172 valence electrons. The zero-order chi connectivity index (χ0) is 24.1. The van der Waals surface area contributed by atoms with E-state index < -0.39 is 11.8 Å². The summed E-state index contributed by atoms with van der Waals surface area (Å²) in [6.45, 7) is 2.43. The second-order valence-corrected chi connectivity index (χ2v) is 8.36. The van der Waals surface area contributed by atoms with Gasteiger partial charge in [-0.25, -0.2) is 4.68 Å². The van der Waals surface area contributed by atoms with Gasteiger partial charge in [-0.15, -0.1) is 10.0 Å². The Morgan fingerprint density at radius 1 is 1.12 bits per heavy atom. The monoisotopic (exact) mass is 475 g/mol. The average Bonchev–Trinajstić information content (AvgIpc) is 3.27. The first-order valence-corrected chi connectivity index (χ1v) is 11.0. The third-order valence-corrected chi connectivity index (χ3v) is 5.79. The van der Waals surface area contributed by atoms with Gasteiger partial charge in [0.1, 0.15) is 12.4 Å². The third-order valence-electron chi connectivity index (χ3n) is 5.56. The Balaban J connectivity index is 1.48. The Hall–Kier alpha value is -3.91. The molecule has 0 unspecified atom stereocenters. The van der Waals surface area contributed by atoms with Crippen LogP contribution in [0.25, 0.3) is 11.1 Å². The van der Waals surface area contributed by atoms with Crippen LogP contribution in [0.4, 0.5) is 0 Å². The number of halogens is 1. The van der Waals surface area contributed by atoms with E-state index in [9.17, 15) is 9.70 Å². The highest BCUT2D eigenvalue weighted by molar-refractivity contribution is 6.30. The van der Waals surface area contributed by atoms with Crippen molar-refractivity contribution in [3.63, 3.8) is 0 Å². The van der Waals surface area contributed by atoms with E-state index in [1.54, 1.807) is 7.05 Å². The van der Waals surface area contributed by atoms with Gasteiger partial charge in [0.05, 0.1) is 5.92 Å². The molecule has 0 aliphatic carbocycles. The second-order valence-electron chi connectivity index (χ2n) is 7.92. The van der Waals surface area contributed by atoms with E-state index in [1.165, 1.54) is 4.68 Å². The number of nitrogens with zero attached hydrogens (tertiary/aromatic N) is 5. The molecule has 0 spiro atoms. The summed E-state index contributed by atoms with van der Waals surface area (Å²) in [7, 11) is 1.68. The lowest BCUT2D eigenvalue weighted by Crippen LogP contribution is -2.12. The van der Waals surface area contributed by atoms with Gasteiger partial charge in [-0.05, 0) is 75.5 Å². The highest BCUT2D eigenvalue weighted by Gasteiger charge is 2.24. The molecule has 4 aromatic rings. The van der Waals surface area contributed by atoms with E-state index in [4.69, 9.17) is 16.3 Å². The highest BCUT2D eigenvalue weighted by atomic mass is 35.5. The van der Waals surface area contributed by atoms with Crippen LogP contribution in [0.3, 0.4) is 0 Å². The predicted octanol–water partition coefficient (Wildman–Crippen LogP) is 5.23. The number of nitroso groups, excluding NO2 is 1. The van der Waals surface area contributed by atoms with Crippen LogP contribution in [-0.2, 0) is 18.4 Å². The number of ether oxygens (including phenoxy) is 1. The average molecular weight is 476 g/mol. The van der Waals surface area contributed by atoms with Crippen LogP contribution in [0.2, 0.25) is 5.02 Å². The quantitative estimate of drug-likeness (QED) is 0.323. The highest BCUT2D eigenvalue weighted by Crippen LogP contribution is 2.29. The molecular weight excluding hydrogens is 454 g/mol. The van der Waals surface area contributed by atoms with Crippen molar-refractivity contribution in [2.75, 3.05) is 0 Å². The van der Waals surface area contributed by atoms with Gasteiger partial charge in [0.15, 0.2) is 5.82 Å². The van der Waals surface area contributed by atoms with Crippen LogP contribution in [-0.4, -0.2) is 26.1 Å². The number of rotatable bonds is 8. The maximum Gasteiger partial charge on any atom is 0.287 e. The maximum absolute atomic E-state index is 11.7. The van der Waals surface area contributed by atoms with Gasteiger partial charge in [-0.2, -0.15) is 0 Å². The summed E-state index contributed by atoms with van der Waals surface area (Å²) in [5.41, 5.74) is 5.14. The molecule has 0 radical (unpaired) electrons. The molecule has 0 fully saturated rings. The Kier molecular flexibility index (Phi) is 7.08. The van der Waals surface area contributed by atoms with Crippen LogP contribution in [0, 0.1) is 11.8 Å². The van der Waals surface area contributed by atoms with Crippen LogP contribution in [0.1, 0.15) is 34.9 Å². The van der Waals surface area contributed by atoms with Crippen molar-refractivity contribution < 1.29 is 9.53 Å². The number of aryl methyl sites for hydroxylation is 2. The lowest BCUT2D eigenvalue weighted by molar-refractivity contribution is -0.118. The Labute approximate surface area is 201 Å². The fourth-order valence-electron chi connectivity index (χ4n) is 3.84. The predicted molar refractivity (Wildman–Crippen MR) is 128 cm³/mol. The molecule has 0 N–H and O–H groups in total. The largest absolute Gasteiger partial charge is 0.489 e. The minimum atomic E-state index is -0.760. The van der Waals surface area contributed by atoms with E-state index in [1.807, 2.05) is 61.5 Å². The van der Waals surface area contributed by atoms with E-state index in [-0.39, 0.29) is 6.42 Å². The van der Waals surface area contributed by atoms with E-state index in [0.717, 1.165) is 27.8 Å². The minimum absolute atomic E-state index is 0.116. The first-order valence-electron chi connectivity index (χ1n) is 10.6. The molecular formula is C25H22ClN5O3. The Morgan fingerprint density at radius 3 is 2.59 bits per heavy atom. The SMILES string of the molecule is Cc1cc(Cl)ccc1-c1cccc(COc2ccc([C@H](CC(=O)N=O)c3nnnn3C)cc2)c1. The van der Waals surface area contributed by atoms with Crippen molar-refractivity contribution in [1.82, 2.24) is 20.2 Å². The normalized spacial score (nSPS) is 11.7. The van der Waals surface area contributed by atoms with Gasteiger partial charge in [0.25, 0.3) is 5.91 Å². The zero-order valence-corrected chi connectivity index (χ0v) is 19.4. The van der Waals surface area contributed by atoms with Crippen LogP contribution < -0.4 is 4.74 Å². The fraction of sp³-hybridized carbons (Fsp3) is 0.200. The van der Waals surface area contributed by atoms with Gasteiger partial charge >= 0.3 is 0 Å². The Morgan fingerprint density at radius 2 is 1.91 bits per heavy atom. The number of aromatic nitrogens is 4. The summed E-state index contributed by atoms with van der Waals surface area (Å²) in [6, 6.07) is 21.3. The summed E-state index contributed by atoms with van der Waals surface area (Å²) < 4.78 is 7.46. The smallest absolute Gasteiger partial charge is 0.287 e. The lowest BCUT2D eigenvalue weighted by Gasteiger charge is -2.15. The molecule has 9 heteroatoms. The lowest BCUT2D eigenvalue weighted by atomic mass is 9.94. The van der Waals surface area contributed by atoms with Gasteiger partial charge < -0.3 is 4.74 Å². The number of amides is 1. The number of benzene rings is 3. The molecule has 0 saturated carbocycles. The Bertz CT molecular complexity index is 1320. The van der Waals surface area contributed by atoms with Gasteiger partial charge in [-0.3, -0.25) is 4.79 Å². The van der Waals surface area contributed by atoms with Gasteiger partial charge in [0, 0.05) is 23.7 Å². The number of tetrazole rings is 1. The summed E-state index contributed by atoms with van der Waals surface area (Å²) in [4.78, 5) is 22.4. The van der Waals surface area contributed by atoms with Crippen molar-refractivity contribution in [3.05, 3.63) is 99.2 Å². The van der Waals surface area contributed by atoms with Crippen molar-refractivity contribution in [1.29, 1.82) is 0 Å². The molecule has 1 amide bonds. The first kappa shape index (κ1) is 23.3. The van der Waals surface area contributed by atoms with Crippen molar-refractivity contribution in [2.45, 2.75) is 25.9 Å². The third kappa shape index (κ3) is 5.35. The first-order chi connectivity index (χ1) is 16.4. The van der Waals surface area contributed by atoms with E-state index in [2.05, 4.69) is 32.8 Å². The second kappa shape index (κ2) is 10.4. The molecule has 0 aliphatic rings. The number of hydrogen-bond donors (Lipinski definition) is 0. The molecule has 4 rings (SSSR count). The number of hydrogen-bond acceptors (Lipinski definition) is 6. The molecule has 1 heterocycles. The van der Waals surface area contributed by atoms with Crippen molar-refractivity contribution in [3.8, 4) is 16.9 Å². The molecule has 1 atom stereocenters. The van der Waals surface area contributed by atoms with E-state index in [0.29, 0.717) is 23.2 Å². The van der Waals surface area contributed by atoms with Gasteiger partial charge in [-0.1, -0.05) is 48.0 Å². The summed E-state index contributed by atoms with van der Waals surface area (Å²) >= 11 is 6.09. The molecule has 3 aromatic carbocycles. The maximum atomic E-state index is 11.7. The minimum Gasteiger partial charge on any atom is -0.489 e. The molecule has 0 aliphatic heterocycles. The molecule has 8 nitrogen and oxygen atoms in total. The van der Waals surface area contributed by atoms with E-state index >= 15 is 0 Å². The molecule has 0 bridgehead atoms. The van der Waals surface area contributed by atoms with Crippen LogP contribution in [0.5, 0.6) is 5.75 Å². The molecule has 34 heavy (non-hydrogen) atoms. The van der Waals surface area contributed by atoms with Gasteiger partial charge in [0.2, 0.25) is 0 Å². The topological polar surface area (TPSA) is 99.3 Å². The van der Waals surface area contributed by atoms with Crippen molar-refractivity contribution >= 4 is 17.5 Å².